The van der Waals surface area contributed by atoms with E-state index in [0.717, 1.165) is 9.36 Å². The van der Waals surface area contributed by atoms with Crippen LogP contribution in [0.2, 0.25) is 5.02 Å². The molecule has 0 saturated carbocycles. The highest BCUT2D eigenvalue weighted by Crippen LogP contribution is 2.24. The molecule has 1 unspecified atom stereocenters. The number of aromatic carboxylic acids is 1. The highest BCUT2D eigenvalue weighted by molar-refractivity contribution is 6.30. The van der Waals surface area contributed by atoms with Gasteiger partial charge in [-0.2, -0.15) is 13.2 Å². The van der Waals surface area contributed by atoms with E-state index in [9.17, 15) is 33.0 Å². The second kappa shape index (κ2) is 9.31. The molecule has 3 heterocycles. The van der Waals surface area contributed by atoms with E-state index in [4.69, 9.17) is 11.6 Å². The molecule has 11 nitrogen and oxygen atoms in total. The lowest BCUT2D eigenvalue weighted by Gasteiger charge is -2.15. The van der Waals surface area contributed by atoms with E-state index in [1.807, 2.05) is 0 Å². The molecule has 2 N–H and O–H groups in total. The molecule has 0 aliphatic heterocycles. The van der Waals surface area contributed by atoms with Crippen molar-refractivity contribution < 1.29 is 28.2 Å². The van der Waals surface area contributed by atoms with E-state index in [1.165, 1.54) is 48.9 Å². The molecule has 0 saturated heterocycles. The lowest BCUT2D eigenvalue weighted by atomic mass is 10.2. The van der Waals surface area contributed by atoms with E-state index in [2.05, 4.69) is 20.2 Å². The Morgan fingerprint density at radius 3 is 2.49 bits per heavy atom. The van der Waals surface area contributed by atoms with Crippen LogP contribution in [0.3, 0.4) is 0 Å². The second-order valence-electron chi connectivity index (χ2n) is 7.22. The zero-order valence-corrected chi connectivity index (χ0v) is 18.2. The summed E-state index contributed by atoms with van der Waals surface area (Å²) in [6, 6.07) is 8.83. The molecule has 3 aromatic heterocycles. The fourth-order valence-electron chi connectivity index (χ4n) is 3.16. The van der Waals surface area contributed by atoms with Gasteiger partial charge in [0.05, 0.1) is 12.2 Å². The largest absolute Gasteiger partial charge is 0.476 e. The van der Waals surface area contributed by atoms with Crippen molar-refractivity contribution in [3.63, 3.8) is 0 Å². The van der Waals surface area contributed by atoms with Crippen LogP contribution in [0.4, 0.5) is 13.2 Å². The third-order valence-electron chi connectivity index (χ3n) is 4.82. The number of aromatic nitrogens is 7. The predicted molar refractivity (Wildman–Crippen MR) is 114 cm³/mol. The molecule has 0 aliphatic rings. The Morgan fingerprint density at radius 1 is 1.11 bits per heavy atom. The standard InChI is InChI=1S/C20H15ClF3N7O4/c21-12-5-3-11(4-6-12)17-28-30(19(35)29(17)8-14(32)20(22,23)24)9-15-26-10-31(27-15)13-2-1-7-25-16(13)18(33)34/h1-7,10,14,32H,8-9H2,(H,33,34). The number of hydrogen-bond donors (Lipinski definition) is 2. The second-order valence-corrected chi connectivity index (χ2v) is 7.66. The normalized spacial score (nSPS) is 12.6. The molecule has 0 aliphatic carbocycles. The Morgan fingerprint density at radius 2 is 1.83 bits per heavy atom. The summed E-state index contributed by atoms with van der Waals surface area (Å²) in [6.07, 6.45) is -5.26. The first kappa shape index (κ1) is 24.1. The molecule has 0 fully saturated rings. The van der Waals surface area contributed by atoms with Crippen molar-refractivity contribution in [2.75, 3.05) is 0 Å². The zero-order chi connectivity index (χ0) is 25.3. The van der Waals surface area contributed by atoms with E-state index in [1.54, 1.807) is 0 Å². The summed E-state index contributed by atoms with van der Waals surface area (Å²) in [5.74, 6) is -1.39. The van der Waals surface area contributed by atoms with Gasteiger partial charge in [-0.3, -0.25) is 4.57 Å². The quantitative estimate of drug-likeness (QED) is 0.385. The minimum absolute atomic E-state index is 0.0240. The van der Waals surface area contributed by atoms with Crippen molar-refractivity contribution in [2.45, 2.75) is 25.4 Å². The van der Waals surface area contributed by atoms with Crippen molar-refractivity contribution in [3.8, 4) is 17.1 Å². The van der Waals surface area contributed by atoms with Gasteiger partial charge in [-0.25, -0.2) is 28.9 Å². The van der Waals surface area contributed by atoms with Gasteiger partial charge >= 0.3 is 17.8 Å². The summed E-state index contributed by atoms with van der Waals surface area (Å²) in [7, 11) is 0. The van der Waals surface area contributed by atoms with Crippen molar-refractivity contribution in [1.82, 2.24) is 34.1 Å². The van der Waals surface area contributed by atoms with Crippen molar-refractivity contribution in [2.24, 2.45) is 0 Å². The third-order valence-corrected chi connectivity index (χ3v) is 5.08. The summed E-state index contributed by atoms with van der Waals surface area (Å²) in [5.41, 5.74) is -0.815. The van der Waals surface area contributed by atoms with Crippen LogP contribution >= 0.6 is 11.6 Å². The number of carboxylic acids is 1. The summed E-state index contributed by atoms with van der Waals surface area (Å²) in [6.45, 7) is -1.43. The first-order valence-corrected chi connectivity index (χ1v) is 10.2. The molecule has 15 heteroatoms. The van der Waals surface area contributed by atoms with Crippen LogP contribution in [0, 0.1) is 0 Å². The molecule has 0 amide bonds. The van der Waals surface area contributed by atoms with Gasteiger partial charge in [0.15, 0.2) is 23.4 Å². The van der Waals surface area contributed by atoms with Crippen LogP contribution in [-0.2, 0) is 13.1 Å². The van der Waals surface area contributed by atoms with Gasteiger partial charge in [0, 0.05) is 16.8 Å². The molecule has 1 aromatic carbocycles. The Kier molecular flexibility index (Phi) is 6.41. The molecule has 4 rings (SSSR count). The van der Waals surface area contributed by atoms with Crippen LogP contribution in [0.15, 0.2) is 53.7 Å². The molecule has 0 spiro atoms. The average Bonchev–Trinajstić information content (AvgIpc) is 3.39. The van der Waals surface area contributed by atoms with E-state index in [0.29, 0.717) is 15.2 Å². The highest BCUT2D eigenvalue weighted by atomic mass is 35.5. The SMILES string of the molecule is O=C(O)c1ncccc1-n1cnc(Cn2nc(-c3ccc(Cl)cc3)n(CC(O)C(F)(F)F)c2=O)n1. The van der Waals surface area contributed by atoms with Crippen molar-refractivity contribution in [3.05, 3.63) is 75.9 Å². The van der Waals surface area contributed by atoms with Gasteiger partial charge in [0.2, 0.25) is 0 Å². The molecule has 182 valence electrons. The number of hydrogen-bond acceptors (Lipinski definition) is 7. The van der Waals surface area contributed by atoms with Gasteiger partial charge in [-0.1, -0.05) is 11.6 Å². The zero-order valence-electron chi connectivity index (χ0n) is 17.5. The van der Waals surface area contributed by atoms with Gasteiger partial charge in [-0.05, 0) is 36.4 Å². The maximum atomic E-state index is 13.0. The maximum Gasteiger partial charge on any atom is 0.416 e. The fourth-order valence-corrected chi connectivity index (χ4v) is 3.29. The number of carboxylic acid groups (broad SMARTS) is 1. The van der Waals surface area contributed by atoms with Crippen molar-refractivity contribution in [1.29, 1.82) is 0 Å². The van der Waals surface area contributed by atoms with Gasteiger partial charge < -0.3 is 10.2 Å². The minimum Gasteiger partial charge on any atom is -0.476 e. The van der Waals surface area contributed by atoms with Gasteiger partial charge in [0.1, 0.15) is 12.9 Å². The Balaban J connectivity index is 1.71. The lowest BCUT2D eigenvalue weighted by molar-refractivity contribution is -0.207. The van der Waals surface area contributed by atoms with Crippen LogP contribution < -0.4 is 5.69 Å². The number of halogens is 4. The summed E-state index contributed by atoms with van der Waals surface area (Å²) < 4.78 is 41.6. The number of rotatable bonds is 7. The Hall–Kier alpha value is -4.04. The summed E-state index contributed by atoms with van der Waals surface area (Å²) in [5, 5.41) is 27.5. The van der Waals surface area contributed by atoms with Crippen LogP contribution in [0.5, 0.6) is 0 Å². The molecule has 0 bridgehead atoms. The number of carbonyl (C=O) groups is 1. The number of benzene rings is 1. The first-order valence-electron chi connectivity index (χ1n) is 9.82. The van der Waals surface area contributed by atoms with Crippen molar-refractivity contribution >= 4 is 17.6 Å². The van der Waals surface area contributed by atoms with Crippen LogP contribution in [-0.4, -0.2) is 62.6 Å². The monoisotopic (exact) mass is 509 g/mol. The average molecular weight is 510 g/mol. The van der Waals surface area contributed by atoms with E-state index >= 15 is 0 Å². The smallest absolute Gasteiger partial charge is 0.416 e. The summed E-state index contributed by atoms with van der Waals surface area (Å²) >= 11 is 5.87. The lowest BCUT2D eigenvalue weighted by Crippen LogP contribution is -2.37. The maximum absolute atomic E-state index is 13.0. The number of pyridine rings is 1. The van der Waals surface area contributed by atoms with Crippen LogP contribution in [0.1, 0.15) is 16.3 Å². The first-order chi connectivity index (χ1) is 16.5. The molecule has 4 aromatic rings. The molecule has 35 heavy (non-hydrogen) atoms. The molecule has 0 radical (unpaired) electrons. The van der Waals surface area contributed by atoms with E-state index < -0.39 is 30.5 Å². The van der Waals surface area contributed by atoms with E-state index in [-0.39, 0.29) is 29.6 Å². The number of alkyl halides is 3. The predicted octanol–water partition coefficient (Wildman–Crippen LogP) is 2.01. The highest BCUT2D eigenvalue weighted by Gasteiger charge is 2.39. The van der Waals surface area contributed by atoms with Crippen LogP contribution in [0.25, 0.3) is 17.1 Å². The molecule has 1 atom stereocenters. The fraction of sp³-hybridized carbons (Fsp3) is 0.200. The summed E-state index contributed by atoms with van der Waals surface area (Å²) in [4.78, 5) is 32.1. The van der Waals surface area contributed by atoms with Gasteiger partial charge in [0.25, 0.3) is 0 Å². The minimum atomic E-state index is -4.95. The topological polar surface area (TPSA) is 141 Å². The van der Waals surface area contributed by atoms with Gasteiger partial charge in [-0.15, -0.1) is 10.2 Å². The number of aliphatic hydroxyl groups is 1. The number of nitrogens with zero attached hydrogens (tertiary/aromatic N) is 7. The number of aliphatic hydroxyl groups excluding tert-OH is 1. The Bertz CT molecular complexity index is 1430. The molecular weight excluding hydrogens is 495 g/mol. The molecular formula is C20H15ClF3N7O4. The third kappa shape index (κ3) is 5.07. The Labute approximate surface area is 198 Å².